The van der Waals surface area contributed by atoms with Gasteiger partial charge in [-0.25, -0.2) is 0 Å². The Balaban J connectivity index is 1.70. The molecule has 0 radical (unpaired) electrons. The maximum Gasteiger partial charge on any atom is 0.255 e. The van der Waals surface area contributed by atoms with Crippen molar-refractivity contribution in [3.8, 4) is 0 Å². The van der Waals surface area contributed by atoms with E-state index in [1.807, 2.05) is 12.1 Å². The van der Waals surface area contributed by atoms with Gasteiger partial charge in [0.15, 0.2) is 0 Å². The second kappa shape index (κ2) is 8.27. The minimum Gasteiger partial charge on any atom is -0.397 e. The maximum atomic E-state index is 13.2. The van der Waals surface area contributed by atoms with Gasteiger partial charge in [-0.15, -0.1) is 0 Å². The van der Waals surface area contributed by atoms with Gasteiger partial charge >= 0.3 is 0 Å². The van der Waals surface area contributed by atoms with Crippen molar-refractivity contribution in [1.29, 1.82) is 0 Å². The minimum absolute atomic E-state index is 0.0824. The topological polar surface area (TPSA) is 84.2 Å². The molecule has 154 valence electrons. The quantitative estimate of drug-likeness (QED) is 0.603. The predicted molar refractivity (Wildman–Crippen MR) is 119 cm³/mol. The van der Waals surface area contributed by atoms with Crippen LogP contribution in [0, 0.1) is 10.8 Å². The molecule has 1 saturated carbocycles. The summed E-state index contributed by atoms with van der Waals surface area (Å²) in [5.74, 6) is -0.154. The Morgan fingerprint density at radius 3 is 2.10 bits per heavy atom. The van der Waals surface area contributed by atoms with Crippen molar-refractivity contribution >= 4 is 28.9 Å². The van der Waals surface area contributed by atoms with E-state index in [1.54, 1.807) is 36.4 Å². The fourth-order valence-corrected chi connectivity index (χ4v) is 4.23. The van der Waals surface area contributed by atoms with Crippen LogP contribution in [-0.2, 0) is 4.79 Å². The van der Waals surface area contributed by atoms with Crippen LogP contribution in [0.5, 0.6) is 0 Å². The monoisotopic (exact) mass is 393 g/mol. The molecule has 1 aliphatic carbocycles. The van der Waals surface area contributed by atoms with Crippen LogP contribution in [0.25, 0.3) is 0 Å². The highest BCUT2D eigenvalue weighted by Gasteiger charge is 2.48. The summed E-state index contributed by atoms with van der Waals surface area (Å²) in [6.45, 7) is 6.46. The van der Waals surface area contributed by atoms with Crippen molar-refractivity contribution in [2.45, 2.75) is 52.9 Å². The second-order valence-corrected chi connectivity index (χ2v) is 8.97. The molecule has 0 spiro atoms. The number of hydrogen-bond donors (Lipinski definition) is 3. The first-order chi connectivity index (χ1) is 13.7. The molecule has 0 aliphatic heterocycles. The van der Waals surface area contributed by atoms with E-state index in [0.29, 0.717) is 22.6 Å². The Bertz CT molecular complexity index is 876. The zero-order chi connectivity index (χ0) is 21.1. The van der Waals surface area contributed by atoms with E-state index in [4.69, 9.17) is 5.73 Å². The molecule has 0 unspecified atom stereocenters. The third-order valence-electron chi connectivity index (χ3n) is 6.19. The molecule has 0 heterocycles. The van der Waals surface area contributed by atoms with Crippen molar-refractivity contribution in [2.24, 2.45) is 10.8 Å². The van der Waals surface area contributed by atoms with Crippen LogP contribution < -0.4 is 16.4 Å². The van der Waals surface area contributed by atoms with Gasteiger partial charge < -0.3 is 16.4 Å². The Labute approximate surface area is 173 Å². The summed E-state index contributed by atoms with van der Waals surface area (Å²) in [5.41, 5.74) is 7.74. The minimum atomic E-state index is -0.355. The van der Waals surface area contributed by atoms with Gasteiger partial charge in [0, 0.05) is 11.3 Å². The van der Waals surface area contributed by atoms with Crippen molar-refractivity contribution in [3.05, 3.63) is 54.1 Å². The Hall–Kier alpha value is -2.82. The lowest BCUT2D eigenvalue weighted by atomic mass is 9.59. The highest BCUT2D eigenvalue weighted by Crippen LogP contribution is 2.50. The van der Waals surface area contributed by atoms with Crippen LogP contribution in [0.2, 0.25) is 0 Å². The summed E-state index contributed by atoms with van der Waals surface area (Å²) in [6, 6.07) is 14.1. The largest absolute Gasteiger partial charge is 0.397 e. The van der Waals surface area contributed by atoms with Gasteiger partial charge in [-0.05, 0) is 54.7 Å². The van der Waals surface area contributed by atoms with E-state index in [2.05, 4.69) is 31.4 Å². The molecular weight excluding hydrogens is 362 g/mol. The van der Waals surface area contributed by atoms with E-state index >= 15 is 0 Å². The molecule has 3 rings (SSSR count). The molecular formula is C24H31N3O2. The maximum absolute atomic E-state index is 13.2. The summed E-state index contributed by atoms with van der Waals surface area (Å²) < 4.78 is 0. The zero-order valence-electron chi connectivity index (χ0n) is 17.5. The van der Waals surface area contributed by atoms with Crippen LogP contribution in [0.1, 0.15) is 63.2 Å². The first kappa shape index (κ1) is 20.9. The van der Waals surface area contributed by atoms with Crippen molar-refractivity contribution < 1.29 is 9.59 Å². The molecule has 5 nitrogen and oxygen atoms in total. The van der Waals surface area contributed by atoms with Crippen LogP contribution in [0.15, 0.2) is 48.5 Å². The van der Waals surface area contributed by atoms with E-state index in [0.717, 1.165) is 25.7 Å². The number of anilines is 3. The number of benzene rings is 2. The predicted octanol–water partition coefficient (Wildman–Crippen LogP) is 5.46. The molecule has 0 saturated heterocycles. The van der Waals surface area contributed by atoms with Gasteiger partial charge in [0.2, 0.25) is 5.91 Å². The zero-order valence-corrected chi connectivity index (χ0v) is 17.5. The standard InChI is InChI=1S/C24H31N3O2/c1-23(2,3)24(15-7-4-8-16-24)22(29)26-18-13-11-17(12-14-18)21(28)27-20-10-6-5-9-19(20)25/h5-6,9-14H,4,7-8,15-16,25H2,1-3H3,(H,26,29)(H,27,28). The molecule has 0 atom stereocenters. The van der Waals surface area contributed by atoms with Crippen molar-refractivity contribution in [2.75, 3.05) is 16.4 Å². The molecule has 2 amide bonds. The number of para-hydroxylation sites is 2. The highest BCUT2D eigenvalue weighted by atomic mass is 16.2. The molecule has 2 aromatic carbocycles. The smallest absolute Gasteiger partial charge is 0.255 e. The van der Waals surface area contributed by atoms with Gasteiger partial charge in [0.25, 0.3) is 5.91 Å². The molecule has 1 aliphatic rings. The summed E-state index contributed by atoms with van der Waals surface area (Å²) in [7, 11) is 0. The van der Waals surface area contributed by atoms with Crippen LogP contribution >= 0.6 is 0 Å². The molecule has 5 heteroatoms. The Kier molecular flexibility index (Phi) is 5.96. The second-order valence-electron chi connectivity index (χ2n) is 8.97. The van der Waals surface area contributed by atoms with Gasteiger partial charge in [-0.3, -0.25) is 9.59 Å². The Morgan fingerprint density at radius 2 is 1.52 bits per heavy atom. The van der Waals surface area contributed by atoms with E-state index in [-0.39, 0.29) is 22.6 Å². The third kappa shape index (κ3) is 4.44. The lowest BCUT2D eigenvalue weighted by molar-refractivity contribution is -0.135. The molecule has 0 aromatic heterocycles. The molecule has 0 bridgehead atoms. The lowest BCUT2D eigenvalue weighted by Crippen LogP contribution is -2.47. The van der Waals surface area contributed by atoms with Crippen molar-refractivity contribution in [1.82, 2.24) is 0 Å². The number of carbonyl (C=O) groups excluding carboxylic acids is 2. The van der Waals surface area contributed by atoms with Gasteiger partial charge in [-0.2, -0.15) is 0 Å². The average Bonchev–Trinajstić information content (AvgIpc) is 2.70. The summed E-state index contributed by atoms with van der Waals surface area (Å²) in [6.07, 6.45) is 5.21. The number of nitrogen functional groups attached to an aromatic ring is 1. The average molecular weight is 394 g/mol. The number of amides is 2. The number of nitrogens with one attached hydrogen (secondary N) is 2. The fourth-order valence-electron chi connectivity index (χ4n) is 4.23. The van der Waals surface area contributed by atoms with Crippen LogP contribution in [0.4, 0.5) is 17.1 Å². The SMILES string of the molecule is CC(C)(C)C1(C(=O)Nc2ccc(C(=O)Nc3ccccc3N)cc2)CCCCC1. The summed E-state index contributed by atoms with van der Waals surface area (Å²) >= 11 is 0. The number of nitrogens with two attached hydrogens (primary N) is 1. The first-order valence-electron chi connectivity index (χ1n) is 10.3. The number of rotatable bonds is 4. The van der Waals surface area contributed by atoms with Crippen LogP contribution in [-0.4, -0.2) is 11.8 Å². The van der Waals surface area contributed by atoms with E-state index in [9.17, 15) is 9.59 Å². The van der Waals surface area contributed by atoms with Gasteiger partial charge in [0.1, 0.15) is 0 Å². The fraction of sp³-hybridized carbons (Fsp3) is 0.417. The molecule has 2 aromatic rings. The third-order valence-corrected chi connectivity index (χ3v) is 6.19. The van der Waals surface area contributed by atoms with Crippen molar-refractivity contribution in [3.63, 3.8) is 0 Å². The summed E-state index contributed by atoms with van der Waals surface area (Å²) in [4.78, 5) is 25.7. The van der Waals surface area contributed by atoms with Gasteiger partial charge in [0.05, 0.1) is 16.8 Å². The highest BCUT2D eigenvalue weighted by molar-refractivity contribution is 6.06. The van der Waals surface area contributed by atoms with Crippen LogP contribution in [0.3, 0.4) is 0 Å². The molecule has 1 fully saturated rings. The molecule has 4 N–H and O–H groups in total. The summed E-state index contributed by atoms with van der Waals surface area (Å²) in [5, 5.41) is 5.91. The number of carbonyl (C=O) groups is 2. The van der Waals surface area contributed by atoms with Gasteiger partial charge in [-0.1, -0.05) is 52.2 Å². The first-order valence-corrected chi connectivity index (χ1v) is 10.3. The number of hydrogen-bond acceptors (Lipinski definition) is 3. The Morgan fingerprint density at radius 1 is 0.897 bits per heavy atom. The van der Waals surface area contributed by atoms with E-state index in [1.165, 1.54) is 6.42 Å². The normalized spacial score (nSPS) is 16.1. The lowest BCUT2D eigenvalue weighted by Gasteiger charge is -2.46. The van der Waals surface area contributed by atoms with E-state index < -0.39 is 0 Å². The molecule has 29 heavy (non-hydrogen) atoms.